The van der Waals surface area contributed by atoms with Gasteiger partial charge in [-0.1, -0.05) is 12.1 Å². The van der Waals surface area contributed by atoms with Gasteiger partial charge in [0, 0.05) is 12.1 Å². The molecule has 0 saturated carbocycles. The summed E-state index contributed by atoms with van der Waals surface area (Å²) < 4.78 is 31.4. The van der Waals surface area contributed by atoms with E-state index in [1.165, 1.54) is 12.1 Å². The Morgan fingerprint density at radius 2 is 2.12 bits per heavy atom. The fourth-order valence-corrected chi connectivity index (χ4v) is 1.47. The first-order valence-electron chi connectivity index (χ1n) is 5.21. The highest BCUT2D eigenvalue weighted by Gasteiger charge is 2.07. The van der Waals surface area contributed by atoms with Crippen molar-refractivity contribution in [2.75, 3.05) is 0 Å². The molecule has 1 aromatic carbocycles. The van der Waals surface area contributed by atoms with Gasteiger partial charge in [0.1, 0.15) is 5.76 Å². The van der Waals surface area contributed by atoms with Gasteiger partial charge in [-0.3, -0.25) is 0 Å². The number of oxazole rings is 1. The van der Waals surface area contributed by atoms with Gasteiger partial charge in [-0.15, -0.1) is 0 Å². The van der Waals surface area contributed by atoms with Crippen LogP contribution in [0, 0.1) is 18.6 Å². The molecule has 1 heterocycles. The van der Waals surface area contributed by atoms with Crippen molar-refractivity contribution < 1.29 is 13.2 Å². The molecule has 1 aromatic heterocycles. The van der Waals surface area contributed by atoms with Crippen molar-refractivity contribution in [1.82, 2.24) is 10.3 Å². The Kier molecular flexibility index (Phi) is 3.49. The third kappa shape index (κ3) is 2.88. The number of benzene rings is 1. The molecule has 0 fully saturated rings. The number of rotatable bonds is 4. The number of hydrogen-bond acceptors (Lipinski definition) is 3. The lowest BCUT2D eigenvalue weighted by Gasteiger charge is -2.04. The van der Waals surface area contributed by atoms with Crippen molar-refractivity contribution in [3.8, 4) is 0 Å². The number of halogens is 2. The van der Waals surface area contributed by atoms with Crippen molar-refractivity contribution in [3.63, 3.8) is 0 Å². The van der Waals surface area contributed by atoms with E-state index in [2.05, 4.69) is 10.3 Å². The van der Waals surface area contributed by atoms with Crippen LogP contribution in [0.5, 0.6) is 0 Å². The second kappa shape index (κ2) is 5.05. The van der Waals surface area contributed by atoms with E-state index >= 15 is 0 Å². The summed E-state index contributed by atoms with van der Waals surface area (Å²) in [6.07, 6.45) is 1.61. The molecule has 0 spiro atoms. The molecule has 2 rings (SSSR count). The van der Waals surface area contributed by atoms with Crippen LogP contribution in [0.15, 0.2) is 28.8 Å². The fourth-order valence-electron chi connectivity index (χ4n) is 1.47. The lowest BCUT2D eigenvalue weighted by atomic mass is 10.2. The van der Waals surface area contributed by atoms with Gasteiger partial charge in [0.15, 0.2) is 11.6 Å². The SMILES string of the molecule is Cc1cnc(CNCc2cccc(F)c2F)o1. The van der Waals surface area contributed by atoms with Crippen LogP contribution >= 0.6 is 0 Å². The van der Waals surface area contributed by atoms with Crippen molar-refractivity contribution in [3.05, 3.63) is 53.2 Å². The number of aryl methyl sites for hydroxylation is 1. The molecule has 1 N–H and O–H groups in total. The van der Waals surface area contributed by atoms with Gasteiger partial charge >= 0.3 is 0 Å². The molecule has 0 aliphatic heterocycles. The molecule has 0 aliphatic carbocycles. The maximum absolute atomic E-state index is 13.3. The summed E-state index contributed by atoms with van der Waals surface area (Å²) in [6.45, 7) is 2.40. The Morgan fingerprint density at radius 1 is 1.29 bits per heavy atom. The zero-order chi connectivity index (χ0) is 12.3. The quantitative estimate of drug-likeness (QED) is 0.889. The fraction of sp³-hybridized carbons (Fsp3) is 0.250. The first kappa shape index (κ1) is 11.7. The average molecular weight is 238 g/mol. The molecule has 0 aliphatic rings. The molecule has 0 atom stereocenters. The predicted octanol–water partition coefficient (Wildman–Crippen LogP) is 2.55. The Labute approximate surface area is 97.5 Å². The second-order valence-electron chi connectivity index (χ2n) is 3.68. The highest BCUT2D eigenvalue weighted by Crippen LogP contribution is 2.11. The molecule has 3 nitrogen and oxygen atoms in total. The molecular formula is C12H12F2N2O. The minimum atomic E-state index is -0.837. The summed E-state index contributed by atoms with van der Waals surface area (Å²) in [5.41, 5.74) is 0.285. The molecule has 0 radical (unpaired) electrons. The highest BCUT2D eigenvalue weighted by molar-refractivity contribution is 5.18. The molecule has 0 unspecified atom stereocenters. The van der Waals surface area contributed by atoms with E-state index in [4.69, 9.17) is 4.42 Å². The summed E-state index contributed by atoms with van der Waals surface area (Å²) in [6, 6.07) is 4.10. The summed E-state index contributed by atoms with van der Waals surface area (Å²) in [7, 11) is 0. The monoisotopic (exact) mass is 238 g/mol. The summed E-state index contributed by atoms with van der Waals surface area (Å²) in [5, 5.41) is 2.94. The smallest absolute Gasteiger partial charge is 0.208 e. The number of nitrogens with one attached hydrogen (secondary N) is 1. The van der Waals surface area contributed by atoms with Crippen molar-refractivity contribution >= 4 is 0 Å². The summed E-state index contributed by atoms with van der Waals surface area (Å²) in [4.78, 5) is 3.99. The zero-order valence-electron chi connectivity index (χ0n) is 9.34. The van der Waals surface area contributed by atoms with Gasteiger partial charge in [-0.25, -0.2) is 13.8 Å². The summed E-state index contributed by atoms with van der Waals surface area (Å²) >= 11 is 0. The van der Waals surface area contributed by atoms with Gasteiger partial charge in [-0.2, -0.15) is 0 Å². The Balaban J connectivity index is 1.92. The lowest BCUT2D eigenvalue weighted by molar-refractivity contribution is 0.444. The van der Waals surface area contributed by atoms with Gasteiger partial charge in [0.05, 0.1) is 12.7 Å². The standard InChI is InChI=1S/C12H12F2N2O/c1-8-5-16-11(17-8)7-15-6-9-3-2-4-10(13)12(9)14/h2-5,15H,6-7H2,1H3. The van der Waals surface area contributed by atoms with E-state index in [1.807, 2.05) is 0 Å². The molecule has 17 heavy (non-hydrogen) atoms. The second-order valence-corrected chi connectivity index (χ2v) is 3.68. The molecule has 90 valence electrons. The lowest BCUT2D eigenvalue weighted by Crippen LogP contribution is -2.14. The van der Waals surface area contributed by atoms with Gasteiger partial charge in [0.2, 0.25) is 5.89 Å². The topological polar surface area (TPSA) is 38.1 Å². The molecule has 0 saturated heterocycles. The van der Waals surface area contributed by atoms with Crippen molar-refractivity contribution in [1.29, 1.82) is 0 Å². The molecule has 2 aromatic rings. The Bertz CT molecular complexity index is 511. The van der Waals surface area contributed by atoms with E-state index < -0.39 is 11.6 Å². The van der Waals surface area contributed by atoms with Crippen molar-refractivity contribution in [2.24, 2.45) is 0 Å². The van der Waals surface area contributed by atoms with Crippen LogP contribution in [0.1, 0.15) is 17.2 Å². The van der Waals surface area contributed by atoms with E-state index in [0.717, 1.165) is 11.8 Å². The van der Waals surface area contributed by atoms with E-state index in [-0.39, 0.29) is 12.1 Å². The highest BCUT2D eigenvalue weighted by atomic mass is 19.2. The third-order valence-electron chi connectivity index (χ3n) is 2.29. The maximum Gasteiger partial charge on any atom is 0.208 e. The van der Waals surface area contributed by atoms with Crippen molar-refractivity contribution in [2.45, 2.75) is 20.0 Å². The van der Waals surface area contributed by atoms with Crippen LogP contribution in [0.25, 0.3) is 0 Å². The van der Waals surface area contributed by atoms with Crippen LogP contribution in [0.2, 0.25) is 0 Å². The number of aromatic nitrogens is 1. The van der Waals surface area contributed by atoms with E-state index in [9.17, 15) is 8.78 Å². The van der Waals surface area contributed by atoms with Crippen LogP contribution in [-0.4, -0.2) is 4.98 Å². The molecular weight excluding hydrogens is 226 g/mol. The van der Waals surface area contributed by atoms with Crippen LogP contribution in [0.3, 0.4) is 0 Å². The molecule has 0 amide bonds. The minimum Gasteiger partial charge on any atom is -0.445 e. The predicted molar refractivity (Wildman–Crippen MR) is 58.1 cm³/mol. The average Bonchev–Trinajstić information content (AvgIpc) is 2.70. The number of nitrogens with zero attached hydrogens (tertiary/aromatic N) is 1. The minimum absolute atomic E-state index is 0.227. The molecule has 0 bridgehead atoms. The summed E-state index contributed by atoms with van der Waals surface area (Å²) in [5.74, 6) is -0.405. The van der Waals surface area contributed by atoms with Crippen LogP contribution < -0.4 is 5.32 Å². The largest absolute Gasteiger partial charge is 0.445 e. The van der Waals surface area contributed by atoms with Gasteiger partial charge in [0.25, 0.3) is 0 Å². The Hall–Kier alpha value is -1.75. The Morgan fingerprint density at radius 3 is 2.82 bits per heavy atom. The first-order chi connectivity index (χ1) is 8.16. The number of hydrogen-bond donors (Lipinski definition) is 1. The van der Waals surface area contributed by atoms with E-state index in [1.54, 1.807) is 13.1 Å². The molecule has 5 heteroatoms. The van der Waals surface area contributed by atoms with Gasteiger partial charge in [-0.05, 0) is 13.0 Å². The normalized spacial score (nSPS) is 10.8. The first-order valence-corrected chi connectivity index (χ1v) is 5.21. The van der Waals surface area contributed by atoms with Crippen LogP contribution in [0.4, 0.5) is 8.78 Å². The third-order valence-corrected chi connectivity index (χ3v) is 2.29. The van der Waals surface area contributed by atoms with Crippen LogP contribution in [-0.2, 0) is 13.1 Å². The zero-order valence-corrected chi connectivity index (χ0v) is 9.34. The van der Waals surface area contributed by atoms with Gasteiger partial charge < -0.3 is 9.73 Å². The maximum atomic E-state index is 13.3. The van der Waals surface area contributed by atoms with E-state index in [0.29, 0.717) is 12.4 Å².